The first-order valence-corrected chi connectivity index (χ1v) is 12.6. The number of fused-ring (bicyclic) bond motifs is 3. The van der Waals surface area contributed by atoms with E-state index in [9.17, 15) is 13.2 Å². The third-order valence-corrected chi connectivity index (χ3v) is 7.64. The molecule has 0 bridgehead atoms. The average Bonchev–Trinajstić information content (AvgIpc) is 3.32. The highest BCUT2D eigenvalue weighted by Crippen LogP contribution is 2.46. The van der Waals surface area contributed by atoms with Crippen molar-refractivity contribution in [1.29, 1.82) is 0 Å². The van der Waals surface area contributed by atoms with Crippen molar-refractivity contribution >= 4 is 39.4 Å². The smallest absolute Gasteiger partial charge is 0.265 e. The van der Waals surface area contributed by atoms with Crippen LogP contribution < -0.4 is 14.5 Å². The molecule has 2 heterocycles. The molecule has 5 rings (SSSR count). The molecule has 1 amide bonds. The number of methoxy groups -OCH3 is 1. The van der Waals surface area contributed by atoms with Crippen LogP contribution in [0.5, 0.6) is 5.75 Å². The predicted octanol–water partition coefficient (Wildman–Crippen LogP) is 4.06. The van der Waals surface area contributed by atoms with E-state index in [1.165, 1.54) is 12.3 Å². The van der Waals surface area contributed by atoms with Gasteiger partial charge in [0.25, 0.3) is 15.9 Å². The summed E-state index contributed by atoms with van der Waals surface area (Å²) in [5.74, 6) is 0.0191. The summed E-state index contributed by atoms with van der Waals surface area (Å²) in [6, 6.07) is 20.6. The van der Waals surface area contributed by atoms with Gasteiger partial charge in [0, 0.05) is 16.1 Å². The lowest BCUT2D eigenvalue weighted by Crippen LogP contribution is -2.41. The fraction of sp³-hybridized carbons (Fsp3) is 0.0800. The van der Waals surface area contributed by atoms with Gasteiger partial charge in [-0.25, -0.2) is 13.8 Å². The summed E-state index contributed by atoms with van der Waals surface area (Å²) < 4.78 is 33.5. The number of hydrazone groups is 1. The molecule has 0 atom stereocenters. The van der Waals surface area contributed by atoms with Gasteiger partial charge in [0.05, 0.1) is 23.9 Å². The summed E-state index contributed by atoms with van der Waals surface area (Å²) >= 11 is 6.17. The van der Waals surface area contributed by atoms with Crippen molar-refractivity contribution in [3.05, 3.63) is 83.4 Å². The molecular formula is C25H20ClN5O4S. The Labute approximate surface area is 212 Å². The molecule has 0 radical (unpaired) electrons. The van der Waals surface area contributed by atoms with E-state index in [0.717, 1.165) is 4.31 Å². The molecule has 1 aromatic heterocycles. The number of halogens is 1. The summed E-state index contributed by atoms with van der Waals surface area (Å²) in [6.07, 6.45) is 1.45. The first-order chi connectivity index (χ1) is 17.4. The molecule has 4 aromatic rings. The zero-order valence-corrected chi connectivity index (χ0v) is 20.5. The van der Waals surface area contributed by atoms with E-state index in [1.54, 1.807) is 73.8 Å². The minimum Gasteiger partial charge on any atom is -0.497 e. The number of rotatable bonds is 6. The second-order valence-corrected chi connectivity index (χ2v) is 10.2. The van der Waals surface area contributed by atoms with E-state index in [1.807, 2.05) is 0 Å². The predicted molar refractivity (Wildman–Crippen MR) is 138 cm³/mol. The number of nitrogens with zero attached hydrogens (tertiary/aromatic N) is 3. The van der Waals surface area contributed by atoms with Gasteiger partial charge in [-0.15, -0.1) is 0 Å². The third kappa shape index (κ3) is 4.32. The van der Waals surface area contributed by atoms with E-state index < -0.39 is 22.5 Å². The maximum absolute atomic E-state index is 13.6. The Hall–Kier alpha value is -4.15. The molecule has 182 valence electrons. The lowest BCUT2D eigenvalue weighted by molar-refractivity contribution is -0.119. The first-order valence-electron chi connectivity index (χ1n) is 10.8. The van der Waals surface area contributed by atoms with Gasteiger partial charge >= 0.3 is 0 Å². The van der Waals surface area contributed by atoms with Crippen LogP contribution in [0.25, 0.3) is 22.5 Å². The van der Waals surface area contributed by atoms with Gasteiger partial charge in [-0.2, -0.15) is 10.2 Å². The maximum Gasteiger partial charge on any atom is 0.265 e. The van der Waals surface area contributed by atoms with Crippen LogP contribution in [-0.2, 0) is 14.8 Å². The van der Waals surface area contributed by atoms with Crippen LogP contribution in [0, 0.1) is 0 Å². The second kappa shape index (κ2) is 9.48. The number of sulfonamides is 1. The van der Waals surface area contributed by atoms with E-state index in [2.05, 4.69) is 20.7 Å². The highest BCUT2D eigenvalue weighted by molar-refractivity contribution is 7.93. The molecule has 0 saturated carbocycles. The summed E-state index contributed by atoms with van der Waals surface area (Å²) in [5.41, 5.74) is 5.30. The summed E-state index contributed by atoms with van der Waals surface area (Å²) in [4.78, 5) is 12.9. The number of hydrogen-bond acceptors (Lipinski definition) is 6. The quantitative estimate of drug-likeness (QED) is 0.293. The van der Waals surface area contributed by atoms with E-state index in [-0.39, 0.29) is 10.6 Å². The van der Waals surface area contributed by atoms with Crippen molar-refractivity contribution in [3.63, 3.8) is 0 Å². The van der Waals surface area contributed by atoms with E-state index in [4.69, 9.17) is 16.3 Å². The Bertz CT molecular complexity index is 1600. The van der Waals surface area contributed by atoms with Crippen molar-refractivity contribution in [2.45, 2.75) is 4.90 Å². The molecule has 2 N–H and O–H groups in total. The number of aromatic nitrogens is 2. The first kappa shape index (κ1) is 23.6. The number of benzene rings is 3. The van der Waals surface area contributed by atoms with Crippen LogP contribution in [0.2, 0.25) is 5.02 Å². The lowest BCUT2D eigenvalue weighted by atomic mass is 10.1. The Balaban J connectivity index is 1.50. The molecule has 0 fully saturated rings. The molecule has 36 heavy (non-hydrogen) atoms. The summed E-state index contributed by atoms with van der Waals surface area (Å²) in [6.45, 7) is -0.508. The number of amides is 1. The van der Waals surface area contributed by atoms with Crippen molar-refractivity contribution in [2.75, 3.05) is 18.0 Å². The molecule has 0 unspecified atom stereocenters. The molecule has 1 aliphatic heterocycles. The SMILES string of the molecule is COc1cccc(/C=N/NC(=O)CN2c3c(-c4cccc(Cl)c4)n[nH]c3-c3ccccc3S2(=O)=O)c1. The van der Waals surface area contributed by atoms with Crippen LogP contribution in [0.3, 0.4) is 0 Å². The minimum atomic E-state index is -4.08. The van der Waals surface area contributed by atoms with E-state index in [0.29, 0.717) is 38.9 Å². The Morgan fingerprint density at radius 1 is 1.14 bits per heavy atom. The largest absolute Gasteiger partial charge is 0.497 e. The molecule has 11 heteroatoms. The number of carbonyl (C=O) groups is 1. The zero-order chi connectivity index (χ0) is 25.3. The molecule has 3 aromatic carbocycles. The normalized spacial score (nSPS) is 13.8. The van der Waals surface area contributed by atoms with Crippen LogP contribution in [0.4, 0.5) is 5.69 Å². The van der Waals surface area contributed by atoms with Crippen molar-refractivity contribution in [3.8, 4) is 28.3 Å². The van der Waals surface area contributed by atoms with Crippen LogP contribution >= 0.6 is 11.6 Å². The molecular weight excluding hydrogens is 502 g/mol. The van der Waals surface area contributed by atoms with Crippen molar-refractivity contribution in [1.82, 2.24) is 15.6 Å². The zero-order valence-electron chi connectivity index (χ0n) is 19.0. The molecule has 0 saturated heterocycles. The molecule has 9 nitrogen and oxygen atoms in total. The summed E-state index contributed by atoms with van der Waals surface area (Å²) in [7, 11) is -2.52. The number of ether oxygens (including phenoxy) is 1. The van der Waals surface area contributed by atoms with Gasteiger partial charge in [-0.1, -0.05) is 54.1 Å². The standard InChI is InChI=1S/C25H20ClN5O4S/c1-35-19-9-4-6-16(12-19)14-27-28-22(32)15-31-25-23(17-7-5-8-18(26)13-17)29-30-24(25)20-10-2-3-11-21(20)36(31,33)34/h2-14H,15H2,1H3,(H,28,32)(H,29,30)/b27-14+. The molecule has 0 spiro atoms. The fourth-order valence-electron chi connectivity index (χ4n) is 3.97. The number of nitrogens with one attached hydrogen (secondary N) is 2. The van der Waals surface area contributed by atoms with Gasteiger partial charge in [-0.05, 0) is 35.9 Å². The van der Waals surface area contributed by atoms with Crippen LogP contribution in [0.1, 0.15) is 5.56 Å². The number of H-pyrrole nitrogens is 1. The van der Waals surface area contributed by atoms with Crippen molar-refractivity contribution in [2.24, 2.45) is 5.10 Å². The Morgan fingerprint density at radius 2 is 1.94 bits per heavy atom. The molecule has 1 aliphatic rings. The Morgan fingerprint density at radius 3 is 2.75 bits per heavy atom. The molecule has 0 aliphatic carbocycles. The monoisotopic (exact) mass is 521 g/mol. The van der Waals surface area contributed by atoms with Gasteiger partial charge in [0.1, 0.15) is 23.7 Å². The van der Waals surface area contributed by atoms with Gasteiger partial charge in [0.2, 0.25) is 0 Å². The average molecular weight is 522 g/mol. The van der Waals surface area contributed by atoms with E-state index >= 15 is 0 Å². The highest BCUT2D eigenvalue weighted by Gasteiger charge is 2.39. The Kier molecular flexibility index (Phi) is 6.21. The number of anilines is 1. The van der Waals surface area contributed by atoms with Gasteiger partial charge in [-0.3, -0.25) is 14.2 Å². The van der Waals surface area contributed by atoms with Crippen LogP contribution in [-0.4, -0.2) is 44.4 Å². The minimum absolute atomic E-state index is 0.0754. The number of aromatic amines is 1. The van der Waals surface area contributed by atoms with Gasteiger partial charge < -0.3 is 4.74 Å². The summed E-state index contributed by atoms with van der Waals surface area (Å²) in [5, 5.41) is 11.8. The van der Waals surface area contributed by atoms with Crippen LogP contribution in [0.15, 0.2) is 82.8 Å². The number of carbonyl (C=O) groups excluding carboxylic acids is 1. The third-order valence-electron chi connectivity index (χ3n) is 5.60. The maximum atomic E-state index is 13.6. The fourth-order valence-corrected chi connectivity index (χ4v) is 5.80. The van der Waals surface area contributed by atoms with Crippen molar-refractivity contribution < 1.29 is 17.9 Å². The lowest BCUT2D eigenvalue weighted by Gasteiger charge is -2.29. The number of hydrogen-bond donors (Lipinski definition) is 2. The highest BCUT2D eigenvalue weighted by atomic mass is 35.5. The van der Waals surface area contributed by atoms with Gasteiger partial charge in [0.15, 0.2) is 0 Å². The second-order valence-electron chi connectivity index (χ2n) is 7.88. The topological polar surface area (TPSA) is 117 Å².